The first-order valence-electron chi connectivity index (χ1n) is 8.04. The summed E-state index contributed by atoms with van der Waals surface area (Å²) in [6, 6.07) is 5.84. The highest BCUT2D eigenvalue weighted by Crippen LogP contribution is 2.27. The van der Waals surface area contributed by atoms with Crippen LogP contribution in [0.4, 0.5) is 0 Å². The predicted molar refractivity (Wildman–Crippen MR) is 96.7 cm³/mol. The summed E-state index contributed by atoms with van der Waals surface area (Å²) in [6.45, 7) is 0.602. The van der Waals surface area contributed by atoms with Crippen LogP contribution in [0.5, 0.6) is 0 Å². The van der Waals surface area contributed by atoms with Crippen molar-refractivity contribution in [3.05, 3.63) is 44.9 Å². The third kappa shape index (κ3) is 3.01. The molecule has 1 amide bonds. The molecule has 7 heteroatoms. The molecule has 0 saturated carbocycles. The van der Waals surface area contributed by atoms with E-state index in [1.54, 1.807) is 34.4 Å². The normalized spacial score (nSPS) is 13.2. The summed E-state index contributed by atoms with van der Waals surface area (Å²) in [6.07, 6.45) is 4.30. The van der Waals surface area contributed by atoms with E-state index in [-0.39, 0.29) is 5.91 Å². The summed E-state index contributed by atoms with van der Waals surface area (Å²) < 4.78 is 1.64. The number of thiophene rings is 1. The fraction of sp³-hybridized carbons (Fsp3) is 0.353. The molecule has 0 aliphatic heterocycles. The number of nitrogens with one attached hydrogen (secondary N) is 1. The van der Waals surface area contributed by atoms with Crippen LogP contribution in [0.25, 0.3) is 10.6 Å². The minimum atomic E-state index is -0.0862. The van der Waals surface area contributed by atoms with Gasteiger partial charge < -0.3 is 5.32 Å². The Morgan fingerprint density at radius 3 is 3.12 bits per heavy atom. The SMILES string of the molecule is Cn1nc(-c2cccs2)cc1C(=O)NCCc1nc2c(s1)CCC2. The molecule has 124 valence electrons. The Kier molecular flexibility index (Phi) is 4.20. The van der Waals surface area contributed by atoms with Gasteiger partial charge in [-0.25, -0.2) is 4.98 Å². The van der Waals surface area contributed by atoms with Gasteiger partial charge in [0.1, 0.15) is 11.4 Å². The van der Waals surface area contributed by atoms with Gasteiger partial charge in [0.2, 0.25) is 0 Å². The average Bonchev–Trinajstić information content (AvgIpc) is 3.30. The Bertz CT molecular complexity index is 842. The van der Waals surface area contributed by atoms with E-state index in [0.717, 1.165) is 28.4 Å². The van der Waals surface area contributed by atoms with Crippen molar-refractivity contribution in [2.24, 2.45) is 7.05 Å². The van der Waals surface area contributed by atoms with Crippen LogP contribution >= 0.6 is 22.7 Å². The fourth-order valence-corrected chi connectivity index (χ4v) is 4.79. The number of amides is 1. The minimum absolute atomic E-state index is 0.0862. The smallest absolute Gasteiger partial charge is 0.269 e. The maximum atomic E-state index is 12.4. The molecular weight excluding hydrogens is 340 g/mol. The Labute approximate surface area is 148 Å². The summed E-state index contributed by atoms with van der Waals surface area (Å²) in [5.41, 5.74) is 2.70. The first-order chi connectivity index (χ1) is 11.7. The molecule has 3 aromatic rings. The largest absolute Gasteiger partial charge is 0.350 e. The maximum absolute atomic E-state index is 12.4. The highest BCUT2D eigenvalue weighted by Gasteiger charge is 2.17. The van der Waals surface area contributed by atoms with Gasteiger partial charge in [0.15, 0.2) is 0 Å². The van der Waals surface area contributed by atoms with Crippen LogP contribution in [0.15, 0.2) is 23.6 Å². The summed E-state index contributed by atoms with van der Waals surface area (Å²) in [4.78, 5) is 19.6. The molecule has 5 nitrogen and oxygen atoms in total. The van der Waals surface area contributed by atoms with E-state index in [4.69, 9.17) is 0 Å². The molecule has 1 aliphatic carbocycles. The molecule has 24 heavy (non-hydrogen) atoms. The number of aromatic nitrogens is 3. The second kappa shape index (κ2) is 6.49. The van der Waals surface area contributed by atoms with E-state index in [1.165, 1.54) is 23.4 Å². The molecule has 0 radical (unpaired) electrons. The van der Waals surface area contributed by atoms with Gasteiger partial charge in [0.25, 0.3) is 5.91 Å². The van der Waals surface area contributed by atoms with E-state index < -0.39 is 0 Å². The Balaban J connectivity index is 1.37. The van der Waals surface area contributed by atoms with Crippen molar-refractivity contribution >= 4 is 28.6 Å². The molecule has 0 spiro atoms. The number of hydrogen-bond donors (Lipinski definition) is 1. The van der Waals surface area contributed by atoms with E-state index in [9.17, 15) is 4.79 Å². The van der Waals surface area contributed by atoms with Crippen LogP contribution in [0.1, 0.15) is 32.5 Å². The molecule has 3 heterocycles. The summed E-state index contributed by atoms with van der Waals surface area (Å²) in [7, 11) is 1.80. The zero-order valence-corrected chi connectivity index (χ0v) is 15.0. The van der Waals surface area contributed by atoms with Gasteiger partial charge in [-0.05, 0) is 36.8 Å². The van der Waals surface area contributed by atoms with Gasteiger partial charge in [-0.15, -0.1) is 22.7 Å². The molecule has 0 atom stereocenters. The van der Waals surface area contributed by atoms with Crippen LogP contribution in [0.2, 0.25) is 0 Å². The lowest BCUT2D eigenvalue weighted by atomic mass is 10.3. The highest BCUT2D eigenvalue weighted by atomic mass is 32.1. The van der Waals surface area contributed by atoms with Gasteiger partial charge in [0, 0.05) is 24.9 Å². The molecule has 3 aromatic heterocycles. The molecular formula is C17H18N4OS2. The quantitative estimate of drug-likeness (QED) is 0.762. The number of rotatable bonds is 5. The Morgan fingerprint density at radius 2 is 2.33 bits per heavy atom. The number of nitrogens with zero attached hydrogens (tertiary/aromatic N) is 3. The van der Waals surface area contributed by atoms with Gasteiger partial charge in [-0.3, -0.25) is 9.48 Å². The summed E-state index contributed by atoms with van der Waals surface area (Å²) in [5, 5.41) is 10.5. The van der Waals surface area contributed by atoms with E-state index in [1.807, 2.05) is 23.6 Å². The standard InChI is InChI=1S/C17H18N4OS2/c1-21-13(10-12(20-21)14-6-3-9-23-14)17(22)18-8-7-16-19-11-4-2-5-15(11)24-16/h3,6,9-10H,2,4-5,7-8H2,1H3,(H,18,22). The lowest BCUT2D eigenvalue weighted by molar-refractivity contribution is 0.0944. The predicted octanol–water partition coefficient (Wildman–Crippen LogP) is 3.07. The van der Waals surface area contributed by atoms with Gasteiger partial charge in [-0.2, -0.15) is 5.10 Å². The second-order valence-corrected chi connectivity index (χ2v) is 7.97. The van der Waals surface area contributed by atoms with Crippen molar-refractivity contribution < 1.29 is 4.79 Å². The topological polar surface area (TPSA) is 59.8 Å². The van der Waals surface area contributed by atoms with Crippen molar-refractivity contribution in [1.29, 1.82) is 0 Å². The summed E-state index contributed by atoms with van der Waals surface area (Å²) >= 11 is 3.42. The molecule has 0 fully saturated rings. The third-order valence-electron chi connectivity index (χ3n) is 4.15. The lowest BCUT2D eigenvalue weighted by Crippen LogP contribution is -2.27. The Hall–Kier alpha value is -1.99. The number of fused-ring (bicyclic) bond motifs is 1. The van der Waals surface area contributed by atoms with E-state index in [0.29, 0.717) is 12.2 Å². The first kappa shape index (κ1) is 15.5. The number of thiazole rings is 1. The van der Waals surface area contributed by atoms with Crippen LogP contribution in [0, 0.1) is 0 Å². The van der Waals surface area contributed by atoms with E-state index in [2.05, 4.69) is 15.4 Å². The van der Waals surface area contributed by atoms with Crippen LogP contribution < -0.4 is 5.32 Å². The third-order valence-corrected chi connectivity index (χ3v) is 6.26. The maximum Gasteiger partial charge on any atom is 0.269 e. The molecule has 1 aliphatic rings. The number of carbonyl (C=O) groups is 1. The van der Waals surface area contributed by atoms with Crippen molar-refractivity contribution in [1.82, 2.24) is 20.1 Å². The van der Waals surface area contributed by atoms with Gasteiger partial charge >= 0.3 is 0 Å². The zero-order chi connectivity index (χ0) is 16.5. The molecule has 0 unspecified atom stereocenters. The molecule has 0 bridgehead atoms. The van der Waals surface area contributed by atoms with Crippen LogP contribution in [-0.4, -0.2) is 27.2 Å². The van der Waals surface area contributed by atoms with Gasteiger partial charge in [0.05, 0.1) is 15.6 Å². The van der Waals surface area contributed by atoms with Crippen LogP contribution in [-0.2, 0) is 26.3 Å². The zero-order valence-electron chi connectivity index (χ0n) is 13.4. The van der Waals surface area contributed by atoms with Crippen molar-refractivity contribution in [3.63, 3.8) is 0 Å². The second-order valence-electron chi connectivity index (χ2n) is 5.85. The van der Waals surface area contributed by atoms with Crippen molar-refractivity contribution in [2.75, 3.05) is 6.54 Å². The Morgan fingerprint density at radius 1 is 1.42 bits per heavy atom. The lowest BCUT2D eigenvalue weighted by Gasteiger charge is -2.03. The minimum Gasteiger partial charge on any atom is -0.350 e. The number of hydrogen-bond acceptors (Lipinski definition) is 5. The monoisotopic (exact) mass is 358 g/mol. The number of aryl methyl sites for hydroxylation is 3. The number of carbonyl (C=O) groups excluding carboxylic acids is 1. The summed E-state index contributed by atoms with van der Waals surface area (Å²) in [5.74, 6) is -0.0862. The fourth-order valence-electron chi connectivity index (χ4n) is 2.95. The molecule has 0 aromatic carbocycles. The van der Waals surface area contributed by atoms with Crippen LogP contribution in [0.3, 0.4) is 0 Å². The molecule has 4 rings (SSSR count). The van der Waals surface area contributed by atoms with E-state index >= 15 is 0 Å². The first-order valence-corrected chi connectivity index (χ1v) is 9.74. The average molecular weight is 358 g/mol. The highest BCUT2D eigenvalue weighted by molar-refractivity contribution is 7.13. The van der Waals surface area contributed by atoms with Gasteiger partial charge in [-0.1, -0.05) is 6.07 Å². The van der Waals surface area contributed by atoms with Crippen molar-refractivity contribution in [2.45, 2.75) is 25.7 Å². The molecule has 0 saturated heterocycles. The van der Waals surface area contributed by atoms with Crippen molar-refractivity contribution in [3.8, 4) is 10.6 Å². The molecule has 1 N–H and O–H groups in total.